The Labute approximate surface area is 186 Å². The van der Waals surface area contributed by atoms with E-state index in [1.807, 2.05) is 24.3 Å². The van der Waals surface area contributed by atoms with Crippen molar-refractivity contribution in [3.05, 3.63) is 53.6 Å². The molecule has 0 radical (unpaired) electrons. The minimum absolute atomic E-state index is 0.150. The van der Waals surface area contributed by atoms with Crippen LogP contribution in [-0.2, 0) is 16.6 Å². The number of ether oxygens (including phenoxy) is 1. The van der Waals surface area contributed by atoms with Gasteiger partial charge in [0.2, 0.25) is 0 Å². The van der Waals surface area contributed by atoms with Crippen molar-refractivity contribution < 1.29 is 14.6 Å². The highest BCUT2D eigenvalue weighted by Crippen LogP contribution is 2.53. The molecule has 2 aliphatic rings. The van der Waals surface area contributed by atoms with Crippen molar-refractivity contribution >= 4 is 17.3 Å². The van der Waals surface area contributed by atoms with Gasteiger partial charge in [0.05, 0.1) is 7.11 Å². The number of carboxylic acid groups (broad SMARTS) is 1. The molecule has 2 atom stereocenters. The number of methoxy groups -OCH3 is 1. The van der Waals surface area contributed by atoms with Crippen LogP contribution in [0.2, 0.25) is 0 Å². The minimum atomic E-state index is -0.761. The number of fused-ring (bicyclic) bond motifs is 2. The zero-order valence-corrected chi connectivity index (χ0v) is 19.0. The summed E-state index contributed by atoms with van der Waals surface area (Å²) in [6.45, 7) is 4.85. The molecule has 2 aromatic rings. The van der Waals surface area contributed by atoms with E-state index < -0.39 is 5.97 Å². The van der Waals surface area contributed by atoms with E-state index in [-0.39, 0.29) is 11.8 Å². The fourth-order valence-corrected chi connectivity index (χ4v) is 6.24. The molecule has 2 aromatic carbocycles. The summed E-state index contributed by atoms with van der Waals surface area (Å²) in [6.07, 6.45) is 7.32. The molecule has 0 aromatic heterocycles. The van der Waals surface area contributed by atoms with Crippen LogP contribution in [-0.4, -0.2) is 18.2 Å². The van der Waals surface area contributed by atoms with Gasteiger partial charge in [-0.15, -0.1) is 0 Å². The Kier molecular flexibility index (Phi) is 6.27. The third kappa shape index (κ3) is 5.06. The quantitative estimate of drug-likeness (QED) is 0.531. The Hall–Kier alpha value is -2.49. The van der Waals surface area contributed by atoms with Crippen LogP contribution in [0, 0.1) is 17.8 Å². The van der Waals surface area contributed by atoms with Crippen LogP contribution < -0.4 is 10.1 Å². The number of rotatable bonds is 7. The van der Waals surface area contributed by atoms with Gasteiger partial charge in [0.25, 0.3) is 0 Å². The van der Waals surface area contributed by atoms with Crippen molar-refractivity contribution in [3.63, 3.8) is 0 Å². The maximum atomic E-state index is 10.8. The highest BCUT2D eigenvalue weighted by molar-refractivity contribution is 5.67. The summed E-state index contributed by atoms with van der Waals surface area (Å²) in [7, 11) is 1.77. The fourth-order valence-electron chi connectivity index (χ4n) is 6.24. The normalized spacial score (nSPS) is 27.5. The molecular weight excluding hydrogens is 386 g/mol. The molecule has 0 spiro atoms. The van der Waals surface area contributed by atoms with Crippen LogP contribution in [0.5, 0.6) is 5.75 Å². The van der Waals surface area contributed by atoms with Crippen LogP contribution >= 0.6 is 0 Å². The predicted octanol–water partition coefficient (Wildman–Crippen LogP) is 6.56. The van der Waals surface area contributed by atoms with Crippen molar-refractivity contribution in [2.75, 3.05) is 12.4 Å². The lowest BCUT2D eigenvalue weighted by molar-refractivity contribution is -0.136. The van der Waals surface area contributed by atoms with Crippen LogP contribution in [0.15, 0.2) is 42.5 Å². The van der Waals surface area contributed by atoms with Gasteiger partial charge in [-0.25, -0.2) is 0 Å². The van der Waals surface area contributed by atoms with Gasteiger partial charge >= 0.3 is 5.97 Å². The SMILES string of the molecule is COc1ccc(Nc2ccc(CCC(=O)O)cc2)cc1C1(C)CC2CC(C)CC(C2)C1. The van der Waals surface area contributed by atoms with Gasteiger partial charge in [0.1, 0.15) is 5.75 Å². The van der Waals surface area contributed by atoms with Gasteiger partial charge in [-0.05, 0) is 97.6 Å². The third-order valence-corrected chi connectivity index (χ3v) is 7.34. The largest absolute Gasteiger partial charge is 0.496 e. The van der Waals surface area contributed by atoms with E-state index in [4.69, 9.17) is 9.84 Å². The number of nitrogens with one attached hydrogen (secondary N) is 1. The number of anilines is 2. The number of carboxylic acids is 1. The maximum absolute atomic E-state index is 10.8. The molecule has 4 nitrogen and oxygen atoms in total. The van der Waals surface area contributed by atoms with Crippen molar-refractivity contribution in [2.45, 2.75) is 64.2 Å². The lowest BCUT2D eigenvalue weighted by Gasteiger charge is -2.48. The third-order valence-electron chi connectivity index (χ3n) is 7.34. The number of aryl methyl sites for hydroxylation is 1. The molecule has 0 amide bonds. The molecule has 0 saturated heterocycles. The average Bonchev–Trinajstić information content (AvgIpc) is 2.72. The summed E-state index contributed by atoms with van der Waals surface area (Å²) in [4.78, 5) is 10.8. The molecule has 0 heterocycles. The van der Waals surface area contributed by atoms with Crippen molar-refractivity contribution in [2.24, 2.45) is 17.8 Å². The van der Waals surface area contributed by atoms with E-state index in [1.165, 1.54) is 37.7 Å². The van der Waals surface area contributed by atoms with Crippen LogP contribution in [0.25, 0.3) is 0 Å². The Bertz CT molecular complexity index is 903. The van der Waals surface area contributed by atoms with Crippen molar-refractivity contribution in [1.29, 1.82) is 0 Å². The first-order chi connectivity index (χ1) is 14.8. The van der Waals surface area contributed by atoms with E-state index >= 15 is 0 Å². The summed E-state index contributed by atoms with van der Waals surface area (Å²) in [6, 6.07) is 14.5. The van der Waals surface area contributed by atoms with E-state index in [9.17, 15) is 4.79 Å². The summed E-state index contributed by atoms with van der Waals surface area (Å²) in [5.41, 5.74) is 4.59. The maximum Gasteiger partial charge on any atom is 0.303 e. The lowest BCUT2D eigenvalue weighted by atomic mass is 9.57. The molecule has 0 aliphatic heterocycles. The van der Waals surface area contributed by atoms with Gasteiger partial charge in [-0.3, -0.25) is 4.79 Å². The second kappa shape index (κ2) is 8.94. The first-order valence-electron chi connectivity index (χ1n) is 11.6. The second-order valence-electron chi connectivity index (χ2n) is 10.1. The molecule has 166 valence electrons. The van der Waals surface area contributed by atoms with E-state index in [0.717, 1.165) is 40.4 Å². The van der Waals surface area contributed by atoms with Gasteiger partial charge in [0, 0.05) is 23.4 Å². The van der Waals surface area contributed by atoms with Gasteiger partial charge in [0.15, 0.2) is 0 Å². The zero-order valence-electron chi connectivity index (χ0n) is 19.0. The molecule has 2 bridgehead atoms. The Balaban J connectivity index is 1.53. The Morgan fingerprint density at radius 3 is 2.32 bits per heavy atom. The Morgan fingerprint density at radius 2 is 1.71 bits per heavy atom. The average molecular weight is 422 g/mol. The molecule has 2 fully saturated rings. The smallest absolute Gasteiger partial charge is 0.303 e. The summed E-state index contributed by atoms with van der Waals surface area (Å²) < 4.78 is 5.80. The van der Waals surface area contributed by atoms with E-state index in [2.05, 4.69) is 37.4 Å². The van der Waals surface area contributed by atoms with Crippen LogP contribution in [0.1, 0.15) is 63.5 Å². The van der Waals surface area contributed by atoms with Crippen molar-refractivity contribution in [3.8, 4) is 5.75 Å². The number of hydrogen-bond donors (Lipinski definition) is 2. The topological polar surface area (TPSA) is 58.6 Å². The summed E-state index contributed by atoms with van der Waals surface area (Å²) in [5.74, 6) is 2.74. The highest BCUT2D eigenvalue weighted by Gasteiger charge is 2.43. The molecule has 4 rings (SSSR count). The minimum Gasteiger partial charge on any atom is -0.496 e. The molecule has 31 heavy (non-hydrogen) atoms. The number of carbonyl (C=O) groups is 1. The fraction of sp³-hybridized carbons (Fsp3) is 0.519. The molecular formula is C27H35NO3. The standard InChI is InChI=1S/C27H35NO3/c1-18-12-20-14-21(13-18)17-27(2,16-20)24-15-23(9-10-25(24)31-3)28-22-7-4-19(5-8-22)6-11-26(29)30/h4-5,7-10,15,18,20-21,28H,6,11-14,16-17H2,1-3H3,(H,29,30). The van der Waals surface area contributed by atoms with Crippen LogP contribution in [0.4, 0.5) is 11.4 Å². The van der Waals surface area contributed by atoms with Gasteiger partial charge < -0.3 is 15.2 Å². The van der Waals surface area contributed by atoms with E-state index in [1.54, 1.807) is 7.11 Å². The zero-order chi connectivity index (χ0) is 22.0. The lowest BCUT2D eigenvalue weighted by Crippen LogP contribution is -2.39. The van der Waals surface area contributed by atoms with Gasteiger partial charge in [-0.2, -0.15) is 0 Å². The number of hydrogen-bond acceptors (Lipinski definition) is 3. The first-order valence-corrected chi connectivity index (χ1v) is 11.6. The monoisotopic (exact) mass is 421 g/mol. The summed E-state index contributed by atoms with van der Waals surface area (Å²) >= 11 is 0. The molecule has 2 saturated carbocycles. The second-order valence-corrected chi connectivity index (χ2v) is 10.1. The van der Waals surface area contributed by atoms with E-state index in [0.29, 0.717) is 6.42 Å². The molecule has 2 aliphatic carbocycles. The highest BCUT2D eigenvalue weighted by atomic mass is 16.5. The molecule has 2 unspecified atom stereocenters. The molecule has 2 N–H and O–H groups in total. The number of aliphatic carboxylic acids is 1. The summed E-state index contributed by atoms with van der Waals surface area (Å²) in [5, 5.41) is 12.4. The molecule has 4 heteroatoms. The van der Waals surface area contributed by atoms with Crippen molar-refractivity contribution in [1.82, 2.24) is 0 Å². The Morgan fingerprint density at radius 1 is 1.06 bits per heavy atom. The predicted molar refractivity (Wildman–Crippen MR) is 125 cm³/mol. The first kappa shape index (κ1) is 21.7. The van der Waals surface area contributed by atoms with Crippen LogP contribution in [0.3, 0.4) is 0 Å². The van der Waals surface area contributed by atoms with Gasteiger partial charge in [-0.1, -0.05) is 26.0 Å². The number of benzene rings is 2.